The normalized spacial score (nSPS) is 11.3. The zero-order chi connectivity index (χ0) is 16.7. The highest BCUT2D eigenvalue weighted by Gasteiger charge is 2.16. The molecule has 10 heteroatoms. The van der Waals surface area contributed by atoms with E-state index in [4.69, 9.17) is 32.5 Å². The summed E-state index contributed by atoms with van der Waals surface area (Å²) in [4.78, 5) is 0.645. The van der Waals surface area contributed by atoms with Crippen molar-refractivity contribution in [3.63, 3.8) is 0 Å². The Labute approximate surface area is 149 Å². The van der Waals surface area contributed by atoms with Gasteiger partial charge in [-0.3, -0.25) is 0 Å². The van der Waals surface area contributed by atoms with Crippen molar-refractivity contribution < 1.29 is 9.26 Å². The van der Waals surface area contributed by atoms with E-state index in [9.17, 15) is 0 Å². The van der Waals surface area contributed by atoms with Gasteiger partial charge in [-0.05, 0) is 25.1 Å². The first kappa shape index (κ1) is 15.4. The van der Waals surface area contributed by atoms with Gasteiger partial charge in [0.2, 0.25) is 4.96 Å². The van der Waals surface area contributed by atoms with Gasteiger partial charge in [-0.25, -0.2) is 0 Å². The highest BCUT2D eigenvalue weighted by atomic mass is 35.5. The Bertz CT molecular complexity index is 1030. The fourth-order valence-corrected chi connectivity index (χ4v) is 3.33. The van der Waals surface area contributed by atoms with Gasteiger partial charge < -0.3 is 9.26 Å². The van der Waals surface area contributed by atoms with Gasteiger partial charge in [0.05, 0.1) is 5.02 Å². The molecule has 7 nitrogen and oxygen atoms in total. The van der Waals surface area contributed by atoms with E-state index in [1.165, 1.54) is 11.3 Å². The Morgan fingerprint density at radius 2 is 2.12 bits per heavy atom. The molecular weight excluding hydrogens is 373 g/mol. The summed E-state index contributed by atoms with van der Waals surface area (Å²) < 4.78 is 12.4. The van der Waals surface area contributed by atoms with Crippen molar-refractivity contribution >= 4 is 39.5 Å². The Morgan fingerprint density at radius 1 is 1.25 bits per heavy atom. The lowest BCUT2D eigenvalue weighted by Crippen LogP contribution is -2.02. The molecule has 0 amide bonds. The summed E-state index contributed by atoms with van der Waals surface area (Å²) in [6.45, 7) is 2.00. The number of aromatic nitrogens is 5. The fourth-order valence-electron chi connectivity index (χ4n) is 2.05. The number of hydrogen-bond acceptors (Lipinski definition) is 7. The molecule has 0 aliphatic carbocycles. The Morgan fingerprint density at radius 3 is 2.88 bits per heavy atom. The van der Waals surface area contributed by atoms with Crippen LogP contribution in [0.5, 0.6) is 5.75 Å². The van der Waals surface area contributed by atoms with Crippen molar-refractivity contribution in [3.05, 3.63) is 45.9 Å². The molecule has 0 atom stereocenters. The number of hydrogen-bond donors (Lipinski definition) is 0. The summed E-state index contributed by atoms with van der Waals surface area (Å²) in [6.07, 6.45) is 0. The van der Waals surface area contributed by atoms with E-state index in [1.807, 2.05) is 13.0 Å². The molecule has 0 aliphatic heterocycles. The standard InChI is InChI=1S/C14H9Cl2N5O2S/c1-7-4-10(20-23-7)13-19-21-12(17-18-14(21)24-13)6-22-11-3-2-8(15)5-9(11)16/h2-5H,6H2,1H3. The van der Waals surface area contributed by atoms with Crippen molar-refractivity contribution in [2.24, 2.45) is 0 Å². The second-order valence-corrected chi connectivity index (χ2v) is 6.70. The van der Waals surface area contributed by atoms with E-state index in [1.54, 1.807) is 22.7 Å². The number of nitrogens with zero attached hydrogens (tertiary/aromatic N) is 5. The fraction of sp³-hybridized carbons (Fsp3) is 0.143. The number of fused-ring (bicyclic) bond motifs is 1. The predicted octanol–water partition coefficient (Wildman–Crippen LogP) is 4.04. The van der Waals surface area contributed by atoms with Crippen LogP contribution in [0, 0.1) is 6.92 Å². The molecule has 0 N–H and O–H groups in total. The monoisotopic (exact) mass is 381 g/mol. The highest BCUT2D eigenvalue weighted by molar-refractivity contribution is 7.19. The van der Waals surface area contributed by atoms with Crippen molar-refractivity contribution in [2.45, 2.75) is 13.5 Å². The van der Waals surface area contributed by atoms with Crippen LogP contribution in [-0.2, 0) is 6.61 Å². The van der Waals surface area contributed by atoms with Crippen LogP contribution >= 0.6 is 34.5 Å². The van der Waals surface area contributed by atoms with Gasteiger partial charge in [0, 0.05) is 11.1 Å². The van der Waals surface area contributed by atoms with E-state index in [0.717, 1.165) is 5.76 Å². The van der Waals surface area contributed by atoms with Crippen LogP contribution in [0.15, 0.2) is 28.8 Å². The first-order valence-corrected chi connectivity index (χ1v) is 8.40. The maximum atomic E-state index is 6.09. The zero-order valence-corrected chi connectivity index (χ0v) is 14.6. The molecule has 122 valence electrons. The van der Waals surface area contributed by atoms with Crippen LogP contribution in [-0.4, -0.2) is 25.0 Å². The molecule has 1 aromatic carbocycles. The molecule has 0 radical (unpaired) electrons. The molecule has 0 unspecified atom stereocenters. The van der Waals surface area contributed by atoms with Crippen LogP contribution < -0.4 is 4.74 Å². The van der Waals surface area contributed by atoms with Crippen LogP contribution in [0.25, 0.3) is 15.7 Å². The lowest BCUT2D eigenvalue weighted by molar-refractivity contribution is 0.293. The lowest BCUT2D eigenvalue weighted by Gasteiger charge is -2.06. The van der Waals surface area contributed by atoms with E-state index in [2.05, 4.69) is 20.5 Å². The summed E-state index contributed by atoms with van der Waals surface area (Å²) in [5.74, 6) is 1.79. The van der Waals surface area contributed by atoms with Gasteiger partial charge in [-0.2, -0.15) is 9.61 Å². The highest BCUT2D eigenvalue weighted by Crippen LogP contribution is 2.29. The van der Waals surface area contributed by atoms with Gasteiger partial charge in [0.1, 0.15) is 23.8 Å². The van der Waals surface area contributed by atoms with Crippen LogP contribution in [0.3, 0.4) is 0 Å². The van der Waals surface area contributed by atoms with E-state index >= 15 is 0 Å². The topological polar surface area (TPSA) is 78.3 Å². The third-order valence-corrected chi connectivity index (χ3v) is 4.60. The number of benzene rings is 1. The number of rotatable bonds is 4. The number of ether oxygens (including phenoxy) is 1. The van der Waals surface area contributed by atoms with Gasteiger partial charge in [0.25, 0.3) is 0 Å². The van der Waals surface area contributed by atoms with Crippen molar-refractivity contribution in [3.8, 4) is 16.5 Å². The molecule has 24 heavy (non-hydrogen) atoms. The second kappa shape index (κ2) is 6.04. The van der Waals surface area contributed by atoms with Crippen LogP contribution in [0.4, 0.5) is 0 Å². The zero-order valence-electron chi connectivity index (χ0n) is 12.2. The number of halogens is 2. The van der Waals surface area contributed by atoms with Gasteiger partial charge in [0.15, 0.2) is 10.8 Å². The molecule has 3 aromatic heterocycles. The summed E-state index contributed by atoms with van der Waals surface area (Å²) in [5.41, 5.74) is 0.663. The van der Waals surface area contributed by atoms with Crippen molar-refractivity contribution in [2.75, 3.05) is 0 Å². The largest absolute Gasteiger partial charge is 0.484 e. The quantitative estimate of drug-likeness (QED) is 0.530. The van der Waals surface area contributed by atoms with Crippen LogP contribution in [0.1, 0.15) is 11.6 Å². The Balaban J connectivity index is 1.59. The SMILES string of the molecule is Cc1cc(-c2nn3c(COc4ccc(Cl)cc4Cl)nnc3s2)no1. The minimum atomic E-state index is 0.170. The molecule has 0 spiro atoms. The Kier molecular flexibility index (Phi) is 3.87. The summed E-state index contributed by atoms with van der Waals surface area (Å²) in [5, 5.41) is 18.3. The second-order valence-electron chi connectivity index (χ2n) is 4.90. The minimum Gasteiger partial charge on any atom is -0.484 e. The average molecular weight is 382 g/mol. The molecule has 0 saturated heterocycles. The van der Waals surface area contributed by atoms with Gasteiger partial charge in [-0.1, -0.05) is 39.7 Å². The molecule has 4 rings (SSSR count). The molecule has 0 bridgehead atoms. The van der Waals surface area contributed by atoms with Crippen molar-refractivity contribution in [1.29, 1.82) is 0 Å². The third kappa shape index (κ3) is 2.83. The average Bonchev–Trinajstić information content (AvgIpc) is 3.22. The third-order valence-electron chi connectivity index (χ3n) is 3.15. The molecule has 3 heterocycles. The van der Waals surface area contributed by atoms with Crippen molar-refractivity contribution in [1.82, 2.24) is 25.0 Å². The molecule has 0 fully saturated rings. The Hall–Kier alpha value is -2.16. The first-order valence-electron chi connectivity index (χ1n) is 6.83. The van der Waals surface area contributed by atoms with Gasteiger partial charge in [-0.15, -0.1) is 10.2 Å². The summed E-state index contributed by atoms with van der Waals surface area (Å²) in [7, 11) is 0. The lowest BCUT2D eigenvalue weighted by atomic mass is 10.3. The first-order chi connectivity index (χ1) is 11.6. The maximum Gasteiger partial charge on any atom is 0.235 e. The molecule has 0 aliphatic rings. The van der Waals surface area contributed by atoms with E-state index in [0.29, 0.717) is 37.3 Å². The summed E-state index contributed by atoms with van der Waals surface area (Å²) in [6, 6.07) is 6.84. The predicted molar refractivity (Wildman–Crippen MR) is 89.7 cm³/mol. The maximum absolute atomic E-state index is 6.09. The minimum absolute atomic E-state index is 0.170. The van der Waals surface area contributed by atoms with E-state index in [-0.39, 0.29) is 6.61 Å². The summed E-state index contributed by atoms with van der Waals surface area (Å²) >= 11 is 13.3. The van der Waals surface area contributed by atoms with Crippen LogP contribution in [0.2, 0.25) is 10.0 Å². The van der Waals surface area contributed by atoms with E-state index < -0.39 is 0 Å². The molecule has 0 saturated carbocycles. The van der Waals surface area contributed by atoms with Gasteiger partial charge >= 0.3 is 0 Å². The number of aryl methyl sites for hydroxylation is 1. The molecular formula is C14H9Cl2N5O2S. The smallest absolute Gasteiger partial charge is 0.235 e. The molecule has 4 aromatic rings.